The molecule has 18 aromatic carbocycles. The predicted octanol–water partition coefficient (Wildman–Crippen LogP) is 26.9. The molecule has 4 aromatic heterocycles. The molecular weight excluding hydrogens is 1440 g/mol. The second kappa shape index (κ2) is 28.6. The van der Waals surface area contributed by atoms with Gasteiger partial charge in [0, 0.05) is 78.3 Å². The summed E-state index contributed by atoms with van der Waals surface area (Å²) in [6.45, 7) is 1.08. The maximum Gasteiger partial charge on any atom is 0.300 e. The number of aliphatic hydroxyl groups is 1. The average Bonchev–Trinajstić information content (AvgIpc) is 1.52. The highest BCUT2D eigenvalue weighted by Crippen LogP contribution is 2.59. The molecule has 552 valence electrons. The first kappa shape index (κ1) is 70.5. The smallest absolute Gasteiger partial charge is 0.300 e. The van der Waals surface area contributed by atoms with Crippen LogP contribution < -0.4 is 0 Å². The van der Waals surface area contributed by atoms with Crippen LogP contribution in [0.25, 0.3) is 154 Å². The molecule has 0 spiro atoms. The lowest BCUT2D eigenvalue weighted by molar-refractivity contribution is -0.134. The van der Waals surface area contributed by atoms with Crippen molar-refractivity contribution in [2.45, 2.75) is 17.9 Å². The monoisotopic (exact) mass is 1510 g/mol. The molecule has 23 rings (SSSR count). The van der Waals surface area contributed by atoms with E-state index in [9.17, 15) is 5.11 Å². The van der Waals surface area contributed by atoms with Gasteiger partial charge in [0.1, 0.15) is 5.60 Å². The Kier molecular flexibility index (Phi) is 17.4. The fraction of sp³-hybridized carbons (Fsp3) is 0.0278. The van der Waals surface area contributed by atoms with Crippen molar-refractivity contribution in [1.82, 2.24) is 18.3 Å². The average molecular weight is 1510 g/mol. The van der Waals surface area contributed by atoms with Crippen molar-refractivity contribution in [3.05, 3.63) is 458 Å². The zero-order valence-corrected chi connectivity index (χ0v) is 64.2. The van der Waals surface area contributed by atoms with Crippen LogP contribution in [0.5, 0.6) is 0 Å². The third-order valence-electron chi connectivity index (χ3n) is 23.8. The first-order chi connectivity index (χ1) is 56.7. The third-order valence-corrected chi connectivity index (χ3v) is 23.8. The van der Waals surface area contributed by atoms with E-state index in [0.717, 1.165) is 90.3 Å². The van der Waals surface area contributed by atoms with Crippen molar-refractivity contribution in [1.29, 1.82) is 0 Å². The summed E-state index contributed by atoms with van der Waals surface area (Å²) in [6, 6.07) is 151. The van der Waals surface area contributed by atoms with Crippen LogP contribution in [0.4, 0.5) is 0 Å². The molecule has 4 heterocycles. The van der Waals surface area contributed by atoms with E-state index in [1.807, 2.05) is 6.07 Å². The summed E-state index contributed by atoms with van der Waals surface area (Å²) < 4.78 is 9.53. The number of aromatic nitrogens is 4. The molecule has 116 heavy (non-hydrogen) atoms. The Morgan fingerprint density at radius 2 is 0.569 bits per heavy atom. The summed E-state index contributed by atoms with van der Waals surface area (Å²) in [4.78, 5) is 9.00. The number of carboxylic acid groups (broad SMARTS) is 1. The van der Waals surface area contributed by atoms with Crippen molar-refractivity contribution in [3.8, 4) is 45.0 Å². The minimum Gasteiger partial charge on any atom is -0.481 e. The molecule has 2 N–H and O–H groups in total. The summed E-state index contributed by atoms with van der Waals surface area (Å²) >= 11 is 0. The summed E-state index contributed by atoms with van der Waals surface area (Å²) in [5, 5.41) is 36.1. The van der Waals surface area contributed by atoms with Crippen LogP contribution in [-0.4, -0.2) is 34.5 Å². The van der Waals surface area contributed by atoms with E-state index in [1.54, 1.807) is 0 Å². The molecule has 0 bridgehead atoms. The van der Waals surface area contributed by atoms with E-state index in [4.69, 9.17) is 9.90 Å². The van der Waals surface area contributed by atoms with E-state index >= 15 is 0 Å². The summed E-state index contributed by atoms with van der Waals surface area (Å²) in [7, 11) is 0. The Morgan fingerprint density at radius 3 is 0.948 bits per heavy atom. The summed E-state index contributed by atoms with van der Waals surface area (Å²) in [6.07, 6.45) is 0. The second-order valence-electron chi connectivity index (χ2n) is 30.0. The highest BCUT2D eigenvalue weighted by molar-refractivity contribution is 6.13. The Morgan fingerprint density at radius 1 is 0.276 bits per heavy atom. The molecule has 0 amide bonds. The zero-order valence-electron chi connectivity index (χ0n) is 63.3. The highest BCUT2D eigenvalue weighted by atomic mass is 35.5. The molecule has 0 radical (unpaired) electrons. The first-order valence-electron chi connectivity index (χ1n) is 39.2. The number of rotatable bonds is 10. The topological polar surface area (TPSA) is 77.2 Å². The van der Waals surface area contributed by atoms with Crippen LogP contribution in [-0.2, 0) is 15.8 Å². The Hall–Kier alpha value is -14.6. The highest BCUT2D eigenvalue weighted by Gasteiger charge is 2.47. The Bertz CT molecular complexity index is 7120. The van der Waals surface area contributed by atoms with Crippen LogP contribution in [0, 0.1) is 0 Å². The molecule has 22 aromatic rings. The molecule has 0 saturated carbocycles. The van der Waals surface area contributed by atoms with E-state index < -0.39 is 17.0 Å². The zero-order chi connectivity index (χ0) is 76.9. The standard InChI is InChI=1S/C53H36N2O.C53H34N2.C2H4O2.ClH/c56-53(47-33-32-36-16-4-5-23-42(36)52(47)37-17-2-1-3-18-37,38-19-14-21-40(34-38)54-48-28-10-6-24-43(48)44-25-7-11-29-49(44)54)39-20-15-22-41(35-39)55-50-30-12-8-26-45(50)46-27-9-13-31-51(46)55;1-2-20-40-35(15-1)31-32-47-52(40)45-25-3-8-26-46(45)53(47,36-16-13-18-38(33-36)54-48-27-9-4-21-41(48)42-22-5-10-28-49(42)54)37-17-14-19-39(34-37)55-50-29-11-6-23-43(50)44-24-7-12-30-51(44)55;1-2(3)4;/h1-35,56H;1-34H;1H3,(H,3,4);1H. The number of fused-ring (bicyclic) bond motifs is 18. The van der Waals surface area contributed by atoms with E-state index in [0.29, 0.717) is 0 Å². The van der Waals surface area contributed by atoms with Crippen molar-refractivity contribution >= 4 is 127 Å². The number of para-hydroxylation sites is 8. The van der Waals surface area contributed by atoms with E-state index in [2.05, 4.69) is 431 Å². The van der Waals surface area contributed by atoms with Crippen LogP contribution in [0.2, 0.25) is 0 Å². The number of hydrogen-bond acceptors (Lipinski definition) is 2. The van der Waals surface area contributed by atoms with Crippen LogP contribution in [0.3, 0.4) is 0 Å². The second-order valence-corrected chi connectivity index (χ2v) is 30.0. The van der Waals surface area contributed by atoms with Gasteiger partial charge < -0.3 is 28.5 Å². The van der Waals surface area contributed by atoms with Gasteiger partial charge in [-0.1, -0.05) is 322 Å². The molecular formula is C108H75ClN4O3. The SMILES string of the molecule is CC(=O)O.Cl.OC(c1cccc(-n2c3ccccc3c3ccccc32)c1)(c1cccc(-n2c3ccccc3c3ccccc32)c1)c1ccc2ccccc2c1-c1ccccc1.c1cc(-n2c3ccccc3c3ccccc32)cc(C2(c3cccc(-n4c5ccccc5c5ccccc54)c3)c3ccccc3-c3c2ccc2ccccc32)c1. The van der Waals surface area contributed by atoms with Gasteiger partial charge >= 0.3 is 0 Å². The van der Waals surface area contributed by atoms with Gasteiger partial charge in [0.15, 0.2) is 0 Å². The Labute approximate surface area is 676 Å². The van der Waals surface area contributed by atoms with Crippen LogP contribution in [0.1, 0.15) is 45.9 Å². The lowest BCUT2D eigenvalue weighted by atomic mass is 9.67. The summed E-state index contributed by atoms with van der Waals surface area (Å²) in [5.74, 6) is -0.833. The molecule has 0 atom stereocenters. The normalized spacial score (nSPS) is 12.3. The number of benzene rings is 18. The van der Waals surface area contributed by atoms with E-state index in [-0.39, 0.29) is 12.4 Å². The maximum atomic E-state index is 14.1. The van der Waals surface area contributed by atoms with E-state index in [1.165, 1.54) is 109 Å². The molecule has 8 heteroatoms. The van der Waals surface area contributed by atoms with Crippen LogP contribution >= 0.6 is 12.4 Å². The number of carbonyl (C=O) groups is 1. The Balaban J connectivity index is 0.000000142. The number of aliphatic carboxylic acids is 1. The van der Waals surface area contributed by atoms with Gasteiger partial charge in [0.05, 0.1) is 49.5 Å². The van der Waals surface area contributed by atoms with Gasteiger partial charge in [-0.25, -0.2) is 0 Å². The number of halogens is 1. The number of hydrogen-bond donors (Lipinski definition) is 2. The quantitative estimate of drug-likeness (QED) is 0.134. The van der Waals surface area contributed by atoms with Gasteiger partial charge in [-0.3, -0.25) is 4.79 Å². The summed E-state index contributed by atoms with van der Waals surface area (Å²) in [5.41, 5.74) is 23.6. The molecule has 0 fully saturated rings. The van der Waals surface area contributed by atoms with Crippen molar-refractivity contribution in [2.24, 2.45) is 0 Å². The molecule has 1 aliphatic carbocycles. The molecule has 7 nitrogen and oxygen atoms in total. The molecule has 1 aliphatic rings. The molecule has 0 saturated heterocycles. The lowest BCUT2D eigenvalue weighted by Gasteiger charge is -2.34. The fourth-order valence-electron chi connectivity index (χ4n) is 19.1. The third kappa shape index (κ3) is 11.1. The number of nitrogens with zero attached hydrogens (tertiary/aromatic N) is 4. The predicted molar refractivity (Wildman–Crippen MR) is 484 cm³/mol. The van der Waals surface area contributed by atoms with Crippen molar-refractivity contribution in [3.63, 3.8) is 0 Å². The fourth-order valence-corrected chi connectivity index (χ4v) is 19.1. The van der Waals surface area contributed by atoms with Crippen molar-refractivity contribution < 1.29 is 15.0 Å². The molecule has 0 aliphatic heterocycles. The van der Waals surface area contributed by atoms with Gasteiger partial charge in [-0.2, -0.15) is 0 Å². The number of carboxylic acids is 1. The lowest BCUT2D eigenvalue weighted by Crippen LogP contribution is -2.30. The van der Waals surface area contributed by atoms with Gasteiger partial charge in [0.25, 0.3) is 5.97 Å². The maximum absolute atomic E-state index is 14.1. The molecule has 0 unspecified atom stereocenters. The minimum atomic E-state index is -1.57. The minimum absolute atomic E-state index is 0. The van der Waals surface area contributed by atoms with Gasteiger partial charge in [-0.15, -0.1) is 12.4 Å². The van der Waals surface area contributed by atoms with Gasteiger partial charge in [-0.05, 0) is 174 Å². The first-order valence-corrected chi connectivity index (χ1v) is 39.2. The van der Waals surface area contributed by atoms with Crippen molar-refractivity contribution in [2.75, 3.05) is 0 Å². The van der Waals surface area contributed by atoms with Crippen LogP contribution in [0.15, 0.2) is 419 Å². The van der Waals surface area contributed by atoms with Gasteiger partial charge in [0.2, 0.25) is 0 Å². The largest absolute Gasteiger partial charge is 0.481 e.